The third-order valence-electron chi connectivity index (χ3n) is 3.07. The summed E-state index contributed by atoms with van der Waals surface area (Å²) in [6.07, 6.45) is 1.40. The molecule has 0 fully saturated rings. The van der Waals surface area contributed by atoms with Crippen LogP contribution in [0.25, 0.3) is 16.8 Å². The molecule has 0 radical (unpaired) electrons. The fourth-order valence-electron chi connectivity index (χ4n) is 2.07. The van der Waals surface area contributed by atoms with E-state index >= 15 is 0 Å². The topological polar surface area (TPSA) is 39.4 Å². The number of imidazole rings is 1. The van der Waals surface area contributed by atoms with Crippen LogP contribution in [0.5, 0.6) is 5.88 Å². The van der Waals surface area contributed by atoms with Crippen molar-refractivity contribution in [3.05, 3.63) is 48.5 Å². The maximum Gasteiger partial charge on any atom is 0.420 e. The standard InChI is InChI=1S/C14H10F3N3O/c1-21-12-3-2-9(7-19-12)10-6-11(14(15,16)17)13-18-4-5-20(13)8-10/h2-8H,1H3. The molecule has 3 heterocycles. The number of nitrogens with zero attached hydrogens (tertiary/aromatic N) is 3. The van der Waals surface area contributed by atoms with E-state index in [9.17, 15) is 13.2 Å². The van der Waals surface area contributed by atoms with Crippen molar-refractivity contribution in [2.45, 2.75) is 6.18 Å². The van der Waals surface area contributed by atoms with E-state index in [1.54, 1.807) is 18.3 Å². The van der Waals surface area contributed by atoms with E-state index in [1.165, 1.54) is 30.1 Å². The van der Waals surface area contributed by atoms with Crippen LogP contribution in [0.3, 0.4) is 0 Å². The van der Waals surface area contributed by atoms with Crippen molar-refractivity contribution in [2.24, 2.45) is 0 Å². The summed E-state index contributed by atoms with van der Waals surface area (Å²) >= 11 is 0. The van der Waals surface area contributed by atoms with Gasteiger partial charge in [-0.15, -0.1) is 0 Å². The maximum atomic E-state index is 13.1. The second kappa shape index (κ2) is 4.76. The Morgan fingerprint density at radius 2 is 1.95 bits per heavy atom. The molecule has 0 saturated heterocycles. The maximum absolute atomic E-state index is 13.1. The number of alkyl halides is 3. The fourth-order valence-corrected chi connectivity index (χ4v) is 2.07. The van der Waals surface area contributed by atoms with Gasteiger partial charge in [-0.25, -0.2) is 9.97 Å². The molecular weight excluding hydrogens is 283 g/mol. The minimum Gasteiger partial charge on any atom is -0.481 e. The molecule has 0 N–H and O–H groups in total. The lowest BCUT2D eigenvalue weighted by molar-refractivity contribution is -0.136. The SMILES string of the molecule is COc1ccc(-c2cc(C(F)(F)F)c3nccn3c2)cn1. The number of methoxy groups -OCH3 is 1. The Labute approximate surface area is 117 Å². The Morgan fingerprint density at radius 3 is 2.57 bits per heavy atom. The Kier molecular flexibility index (Phi) is 3.04. The highest BCUT2D eigenvalue weighted by Gasteiger charge is 2.34. The zero-order valence-electron chi connectivity index (χ0n) is 10.9. The normalized spacial score (nSPS) is 11.8. The van der Waals surface area contributed by atoms with E-state index in [2.05, 4.69) is 9.97 Å². The Morgan fingerprint density at radius 1 is 1.14 bits per heavy atom. The third-order valence-corrected chi connectivity index (χ3v) is 3.07. The number of rotatable bonds is 2. The molecule has 0 saturated carbocycles. The lowest BCUT2D eigenvalue weighted by Crippen LogP contribution is -2.08. The first-order chi connectivity index (χ1) is 9.99. The van der Waals surface area contributed by atoms with E-state index in [-0.39, 0.29) is 5.65 Å². The molecule has 0 aliphatic heterocycles. The monoisotopic (exact) mass is 293 g/mol. The van der Waals surface area contributed by atoms with E-state index < -0.39 is 11.7 Å². The third kappa shape index (κ3) is 2.42. The smallest absolute Gasteiger partial charge is 0.420 e. The van der Waals surface area contributed by atoms with Crippen molar-refractivity contribution in [3.63, 3.8) is 0 Å². The minimum atomic E-state index is -4.47. The zero-order valence-corrected chi connectivity index (χ0v) is 10.9. The highest BCUT2D eigenvalue weighted by molar-refractivity contribution is 5.67. The lowest BCUT2D eigenvalue weighted by atomic mass is 10.1. The van der Waals surface area contributed by atoms with E-state index in [0.29, 0.717) is 17.0 Å². The predicted octanol–water partition coefficient (Wildman–Crippen LogP) is 3.42. The molecule has 4 nitrogen and oxygen atoms in total. The summed E-state index contributed by atoms with van der Waals surface area (Å²) in [7, 11) is 1.47. The van der Waals surface area contributed by atoms with E-state index in [1.807, 2.05) is 0 Å². The fraction of sp³-hybridized carbons (Fsp3) is 0.143. The second-order valence-corrected chi connectivity index (χ2v) is 4.39. The van der Waals surface area contributed by atoms with Gasteiger partial charge in [0.1, 0.15) is 5.65 Å². The highest BCUT2D eigenvalue weighted by Crippen LogP contribution is 2.34. The largest absolute Gasteiger partial charge is 0.481 e. The molecular formula is C14H10F3N3O. The molecule has 3 rings (SSSR count). The first kappa shape index (κ1) is 13.4. The highest BCUT2D eigenvalue weighted by atomic mass is 19.4. The number of halogens is 3. The van der Waals surface area contributed by atoms with Crippen molar-refractivity contribution < 1.29 is 17.9 Å². The van der Waals surface area contributed by atoms with Gasteiger partial charge in [0.05, 0.1) is 12.7 Å². The molecule has 3 aromatic rings. The van der Waals surface area contributed by atoms with Crippen LogP contribution in [0.2, 0.25) is 0 Å². The Hall–Kier alpha value is -2.57. The molecule has 7 heteroatoms. The molecule has 0 atom stereocenters. The first-order valence-corrected chi connectivity index (χ1v) is 6.03. The molecule has 0 aliphatic carbocycles. The van der Waals surface area contributed by atoms with E-state index in [4.69, 9.17) is 4.74 Å². The second-order valence-electron chi connectivity index (χ2n) is 4.39. The van der Waals surface area contributed by atoms with Gasteiger partial charge in [0.15, 0.2) is 0 Å². The van der Waals surface area contributed by atoms with Gasteiger partial charge in [0.25, 0.3) is 0 Å². The van der Waals surface area contributed by atoms with Crippen molar-refractivity contribution in [2.75, 3.05) is 7.11 Å². The number of pyridine rings is 2. The molecule has 0 unspecified atom stereocenters. The van der Waals surface area contributed by atoms with Crippen LogP contribution in [0.1, 0.15) is 5.56 Å². The van der Waals surface area contributed by atoms with Gasteiger partial charge in [-0.05, 0) is 12.1 Å². The van der Waals surface area contributed by atoms with Crippen LogP contribution in [0, 0.1) is 0 Å². The van der Waals surface area contributed by atoms with Gasteiger partial charge in [-0.2, -0.15) is 13.2 Å². The first-order valence-electron chi connectivity index (χ1n) is 6.03. The van der Waals surface area contributed by atoms with Crippen molar-refractivity contribution in [1.29, 1.82) is 0 Å². The number of fused-ring (bicyclic) bond motifs is 1. The number of hydrogen-bond donors (Lipinski definition) is 0. The van der Waals surface area contributed by atoms with Crippen LogP contribution in [0.4, 0.5) is 13.2 Å². The number of aromatic nitrogens is 3. The average molecular weight is 293 g/mol. The summed E-state index contributed by atoms with van der Waals surface area (Å²) in [6, 6.07) is 4.33. The quantitative estimate of drug-likeness (QED) is 0.726. The van der Waals surface area contributed by atoms with Crippen molar-refractivity contribution in [1.82, 2.24) is 14.4 Å². The van der Waals surface area contributed by atoms with Gasteiger partial charge >= 0.3 is 6.18 Å². The Balaban J connectivity index is 2.18. The molecule has 108 valence electrons. The number of ether oxygens (including phenoxy) is 1. The molecule has 0 spiro atoms. The summed E-state index contributed by atoms with van der Waals surface area (Å²) in [5.41, 5.74) is 0.0772. The van der Waals surface area contributed by atoms with Gasteiger partial charge in [0, 0.05) is 42.0 Å². The summed E-state index contributed by atoms with van der Waals surface area (Å²) in [4.78, 5) is 7.76. The molecule has 0 amide bonds. The zero-order chi connectivity index (χ0) is 15.0. The summed E-state index contributed by atoms with van der Waals surface area (Å²) in [6.45, 7) is 0. The predicted molar refractivity (Wildman–Crippen MR) is 70.0 cm³/mol. The van der Waals surface area contributed by atoms with E-state index in [0.717, 1.165) is 6.07 Å². The van der Waals surface area contributed by atoms with Crippen LogP contribution in [-0.4, -0.2) is 21.5 Å². The van der Waals surface area contributed by atoms with Gasteiger partial charge in [-0.1, -0.05) is 0 Å². The lowest BCUT2D eigenvalue weighted by Gasteiger charge is -2.11. The molecule has 0 bridgehead atoms. The minimum absolute atomic E-state index is 0.118. The summed E-state index contributed by atoms with van der Waals surface area (Å²) < 4.78 is 45.6. The van der Waals surface area contributed by atoms with Gasteiger partial charge in [-0.3, -0.25) is 0 Å². The molecule has 0 aromatic carbocycles. The Bertz CT molecular complexity index is 778. The van der Waals surface area contributed by atoms with Crippen LogP contribution in [0.15, 0.2) is 43.0 Å². The van der Waals surface area contributed by atoms with Gasteiger partial charge in [0.2, 0.25) is 5.88 Å². The average Bonchev–Trinajstić information content (AvgIpc) is 2.93. The summed E-state index contributed by atoms with van der Waals surface area (Å²) in [5, 5.41) is 0. The van der Waals surface area contributed by atoms with Gasteiger partial charge < -0.3 is 9.14 Å². The molecule has 0 aliphatic rings. The number of hydrogen-bond acceptors (Lipinski definition) is 3. The molecule has 3 aromatic heterocycles. The molecule has 21 heavy (non-hydrogen) atoms. The van der Waals surface area contributed by atoms with Crippen LogP contribution >= 0.6 is 0 Å². The van der Waals surface area contributed by atoms with Crippen LogP contribution < -0.4 is 4.74 Å². The van der Waals surface area contributed by atoms with Crippen molar-refractivity contribution in [3.8, 4) is 17.0 Å². The summed E-state index contributed by atoms with van der Waals surface area (Å²) in [5.74, 6) is 0.401. The van der Waals surface area contributed by atoms with Crippen LogP contribution in [-0.2, 0) is 6.18 Å². The van der Waals surface area contributed by atoms with Crippen molar-refractivity contribution >= 4 is 5.65 Å².